The van der Waals surface area contributed by atoms with Crippen molar-refractivity contribution in [1.82, 2.24) is 29.2 Å². The molecule has 212 valence electrons. The number of aromatic nitrogens is 5. The van der Waals surface area contributed by atoms with Crippen molar-refractivity contribution in [2.24, 2.45) is 18.9 Å². The first-order valence-corrected chi connectivity index (χ1v) is 15.1. The molecule has 3 atom stereocenters. The predicted molar refractivity (Wildman–Crippen MR) is 163 cm³/mol. The van der Waals surface area contributed by atoms with E-state index in [0.29, 0.717) is 40.3 Å². The van der Waals surface area contributed by atoms with E-state index in [-0.39, 0.29) is 28.4 Å². The topological polar surface area (TPSA) is 118 Å². The van der Waals surface area contributed by atoms with E-state index in [4.69, 9.17) is 16.6 Å². The molecule has 2 N–H and O–H groups in total. The molecule has 12 heteroatoms. The monoisotopic (exact) mass is 590 g/mol. The first-order valence-electron chi connectivity index (χ1n) is 13.5. The summed E-state index contributed by atoms with van der Waals surface area (Å²) in [4.78, 5) is 46.9. The van der Waals surface area contributed by atoms with E-state index in [9.17, 15) is 9.59 Å². The Bertz CT molecular complexity index is 1720. The third-order valence-electron chi connectivity index (χ3n) is 8.02. The summed E-state index contributed by atoms with van der Waals surface area (Å²) >= 11 is 7.29. The highest BCUT2D eigenvalue weighted by Crippen LogP contribution is 2.57. The van der Waals surface area contributed by atoms with Crippen LogP contribution in [0.25, 0.3) is 10.9 Å². The molecule has 4 heterocycles. The Morgan fingerprint density at radius 2 is 1.80 bits per heavy atom. The maximum Gasteiger partial charge on any atom is 0.281 e. The van der Waals surface area contributed by atoms with Crippen LogP contribution in [0.5, 0.6) is 0 Å². The van der Waals surface area contributed by atoms with Gasteiger partial charge in [-0.05, 0) is 61.9 Å². The van der Waals surface area contributed by atoms with Crippen molar-refractivity contribution in [1.29, 1.82) is 0 Å². The first-order chi connectivity index (χ1) is 19.7. The number of fused-ring (bicyclic) bond motifs is 2. The van der Waals surface area contributed by atoms with Gasteiger partial charge in [0.1, 0.15) is 11.0 Å². The zero-order valence-electron chi connectivity index (χ0n) is 23.5. The highest BCUT2D eigenvalue weighted by molar-refractivity contribution is 7.97. The van der Waals surface area contributed by atoms with Crippen molar-refractivity contribution < 1.29 is 4.79 Å². The Hall–Kier alpha value is -3.70. The third kappa shape index (κ3) is 5.01. The number of piperidine rings is 1. The summed E-state index contributed by atoms with van der Waals surface area (Å²) in [7, 11) is 1.79. The lowest BCUT2D eigenvalue weighted by Gasteiger charge is -2.25. The molecule has 2 aliphatic rings. The van der Waals surface area contributed by atoms with Gasteiger partial charge >= 0.3 is 0 Å². The van der Waals surface area contributed by atoms with Crippen molar-refractivity contribution in [3.05, 3.63) is 80.4 Å². The number of halogens is 1. The zero-order chi connectivity index (χ0) is 29.0. The molecule has 1 amide bonds. The quantitative estimate of drug-likeness (QED) is 0.238. The van der Waals surface area contributed by atoms with E-state index in [1.165, 1.54) is 11.9 Å². The van der Waals surface area contributed by atoms with Gasteiger partial charge in [-0.2, -0.15) is 0 Å². The lowest BCUT2D eigenvalue weighted by molar-refractivity contribution is 0.0980. The zero-order valence-corrected chi connectivity index (χ0v) is 25.0. The number of carbonyl (C=O) groups excluding carboxylic acids is 1. The molecule has 3 unspecified atom stereocenters. The number of benzene rings is 1. The molecule has 1 aliphatic heterocycles. The lowest BCUT2D eigenvalue weighted by atomic mass is 10.0. The maximum atomic E-state index is 13.6. The Balaban J connectivity index is 1.32. The second-order valence-electron chi connectivity index (χ2n) is 10.9. The predicted octanol–water partition coefficient (Wildman–Crippen LogP) is 4.42. The number of anilines is 2. The van der Waals surface area contributed by atoms with Crippen LogP contribution in [-0.2, 0) is 7.05 Å². The van der Waals surface area contributed by atoms with Crippen LogP contribution < -0.4 is 20.5 Å². The van der Waals surface area contributed by atoms with Crippen LogP contribution in [0.2, 0.25) is 5.15 Å². The molecule has 4 aromatic rings. The molecule has 0 radical (unpaired) electrons. The highest BCUT2D eigenvalue weighted by atomic mass is 35.5. The maximum absolute atomic E-state index is 13.6. The minimum Gasteiger partial charge on any atom is -0.377 e. The van der Waals surface area contributed by atoms with Crippen LogP contribution >= 0.6 is 23.5 Å². The van der Waals surface area contributed by atoms with Gasteiger partial charge in [-0.15, -0.1) is 0 Å². The van der Waals surface area contributed by atoms with E-state index < -0.39 is 0 Å². The summed E-state index contributed by atoms with van der Waals surface area (Å²) in [6, 6.07) is 7.01. The van der Waals surface area contributed by atoms with Crippen molar-refractivity contribution in [3.8, 4) is 0 Å². The molecule has 41 heavy (non-hydrogen) atoms. The molecule has 1 aromatic carbocycles. The number of carbonyl (C=O) groups is 1. The number of nitrogens with zero attached hydrogens (tertiary/aromatic N) is 6. The number of nitrogens with one attached hydrogen (secondary N) is 2. The van der Waals surface area contributed by atoms with Gasteiger partial charge in [0.2, 0.25) is 5.95 Å². The fourth-order valence-corrected chi connectivity index (χ4v) is 6.41. The van der Waals surface area contributed by atoms with Crippen LogP contribution in [0.15, 0.2) is 41.5 Å². The Kier molecular flexibility index (Phi) is 7.11. The molecule has 1 saturated carbocycles. The van der Waals surface area contributed by atoms with Gasteiger partial charge in [-0.1, -0.05) is 29.6 Å². The van der Waals surface area contributed by atoms with Crippen LogP contribution in [0.1, 0.15) is 51.9 Å². The minimum absolute atomic E-state index is 0.0886. The molecule has 6 rings (SSSR count). The molecular formula is C29H31ClN8O2S. The summed E-state index contributed by atoms with van der Waals surface area (Å²) in [5.41, 5.74) is 4.16. The Labute approximate surface area is 247 Å². The van der Waals surface area contributed by atoms with Crippen LogP contribution in [0.4, 0.5) is 11.6 Å². The van der Waals surface area contributed by atoms with Gasteiger partial charge < -0.3 is 10.2 Å². The average molecular weight is 591 g/mol. The van der Waals surface area contributed by atoms with E-state index in [2.05, 4.69) is 29.9 Å². The van der Waals surface area contributed by atoms with Gasteiger partial charge in [0.25, 0.3) is 11.5 Å². The Morgan fingerprint density at radius 3 is 2.49 bits per heavy atom. The number of amides is 1. The second-order valence-corrected chi connectivity index (χ2v) is 11.9. The van der Waals surface area contributed by atoms with Crippen LogP contribution in [-0.4, -0.2) is 49.8 Å². The summed E-state index contributed by atoms with van der Waals surface area (Å²) in [6.45, 7) is 7.54. The summed E-state index contributed by atoms with van der Waals surface area (Å²) in [5.74, 6) is 2.48. The van der Waals surface area contributed by atoms with E-state index in [1.54, 1.807) is 30.0 Å². The molecule has 1 saturated heterocycles. The number of pyridine rings is 1. The molecule has 0 spiro atoms. The fraction of sp³-hybridized carbons (Fsp3) is 0.379. The highest BCUT2D eigenvalue weighted by Gasteiger charge is 2.58. The van der Waals surface area contributed by atoms with Crippen molar-refractivity contribution in [2.45, 2.75) is 32.7 Å². The smallest absolute Gasteiger partial charge is 0.281 e. The van der Waals surface area contributed by atoms with Crippen molar-refractivity contribution in [2.75, 3.05) is 29.6 Å². The van der Waals surface area contributed by atoms with Crippen LogP contribution in [0.3, 0.4) is 0 Å². The number of hydrogen-bond donors (Lipinski definition) is 2. The average Bonchev–Trinajstić information content (AvgIpc) is 3.44. The standard InChI is InChI=1S/C29H31ClN8O2S/c1-14-8-17(16(3)33-21-6-7-22(30)34-25(21)27(39)36-41-5)24-18(9-14)28(40)37(4)29(35-24)38-12-19-20(13-38)23(19)26-31-10-15(2)11-32-26/h6-11,16,19-20,23,33H,12-13H2,1-5H3,(H,36,39). The lowest BCUT2D eigenvalue weighted by Crippen LogP contribution is -2.32. The van der Waals surface area contributed by atoms with E-state index in [0.717, 1.165) is 35.6 Å². The van der Waals surface area contributed by atoms with Crippen molar-refractivity contribution in [3.63, 3.8) is 0 Å². The van der Waals surface area contributed by atoms with Gasteiger partial charge in [-0.25, -0.2) is 19.9 Å². The third-order valence-corrected chi connectivity index (χ3v) is 8.62. The summed E-state index contributed by atoms with van der Waals surface area (Å²) < 4.78 is 4.36. The number of hydrogen-bond acceptors (Lipinski definition) is 9. The van der Waals surface area contributed by atoms with Crippen molar-refractivity contribution >= 4 is 52.0 Å². The van der Waals surface area contributed by atoms with Gasteiger partial charge in [0.05, 0.1) is 22.6 Å². The largest absolute Gasteiger partial charge is 0.377 e. The fourth-order valence-electron chi connectivity index (χ4n) is 5.98. The first kappa shape index (κ1) is 27.5. The SMILES string of the molecule is CSNC(=O)c1nc(Cl)ccc1NC(C)c1cc(C)cc2c(=O)n(C)c(N3CC4C(C3)C4c3ncc(C)cn3)nc12. The number of aryl methyl sites for hydroxylation is 2. The van der Waals surface area contributed by atoms with Crippen LogP contribution in [0, 0.1) is 25.7 Å². The molecule has 0 bridgehead atoms. The summed E-state index contributed by atoms with van der Waals surface area (Å²) in [6.07, 6.45) is 5.51. The van der Waals surface area contributed by atoms with Gasteiger partial charge in [0, 0.05) is 50.3 Å². The van der Waals surface area contributed by atoms with Gasteiger partial charge in [-0.3, -0.25) is 18.9 Å². The molecule has 1 aliphatic carbocycles. The molecule has 3 aromatic heterocycles. The normalized spacial score (nSPS) is 20.1. The molecule has 2 fully saturated rings. The van der Waals surface area contributed by atoms with E-state index in [1.807, 2.05) is 45.3 Å². The minimum atomic E-state index is -0.347. The van der Waals surface area contributed by atoms with Gasteiger partial charge in [0.15, 0.2) is 5.69 Å². The Morgan fingerprint density at radius 1 is 1.10 bits per heavy atom. The number of rotatable bonds is 7. The second kappa shape index (κ2) is 10.6. The van der Waals surface area contributed by atoms with E-state index >= 15 is 0 Å². The summed E-state index contributed by atoms with van der Waals surface area (Å²) in [5, 5.41) is 4.20. The molecular weight excluding hydrogens is 560 g/mol. The molecule has 10 nitrogen and oxygen atoms in total.